The number of benzene rings is 1. The van der Waals surface area contributed by atoms with Crippen LogP contribution in [0.1, 0.15) is 29.6 Å². The van der Waals surface area contributed by atoms with E-state index in [1.165, 1.54) is 7.11 Å². The Labute approximate surface area is 131 Å². The molecule has 1 atom stereocenters. The molecule has 1 saturated heterocycles. The first-order chi connectivity index (χ1) is 9.54. The number of carbonyl (C=O) groups excluding carboxylic acids is 2. The molecule has 0 aromatic heterocycles. The molecule has 1 aliphatic rings. The lowest BCUT2D eigenvalue weighted by Gasteiger charge is -2.34. The summed E-state index contributed by atoms with van der Waals surface area (Å²) in [6.45, 7) is 0.543. The Morgan fingerprint density at radius 2 is 2.15 bits per heavy atom. The summed E-state index contributed by atoms with van der Waals surface area (Å²) >= 11 is 9.41. The summed E-state index contributed by atoms with van der Waals surface area (Å²) in [5.74, 6) is -0.601. The van der Waals surface area contributed by atoms with Crippen molar-refractivity contribution in [3.05, 3.63) is 33.3 Å². The minimum Gasteiger partial charge on any atom is -0.467 e. The van der Waals surface area contributed by atoms with Crippen LogP contribution < -0.4 is 0 Å². The van der Waals surface area contributed by atoms with Gasteiger partial charge in [0.2, 0.25) is 0 Å². The number of rotatable bonds is 2. The lowest BCUT2D eigenvalue weighted by Crippen LogP contribution is -2.48. The number of esters is 1. The van der Waals surface area contributed by atoms with Crippen LogP contribution in [0.15, 0.2) is 22.7 Å². The molecule has 6 heteroatoms. The second kappa shape index (κ2) is 6.59. The number of amides is 1. The van der Waals surface area contributed by atoms with Crippen LogP contribution in [0.2, 0.25) is 5.02 Å². The molecular formula is C14H15BrClNO3. The van der Waals surface area contributed by atoms with E-state index >= 15 is 0 Å². The lowest BCUT2D eigenvalue weighted by atomic mass is 10.0. The van der Waals surface area contributed by atoms with Gasteiger partial charge in [0.15, 0.2) is 0 Å². The van der Waals surface area contributed by atoms with Gasteiger partial charge in [-0.25, -0.2) is 4.79 Å². The first kappa shape index (κ1) is 15.3. The second-order valence-corrected chi connectivity index (χ2v) is 5.98. The average molecular weight is 361 g/mol. The molecule has 1 aromatic carbocycles. The summed E-state index contributed by atoms with van der Waals surface area (Å²) in [5.41, 5.74) is 0.400. The number of hydrogen-bond donors (Lipinski definition) is 0. The minimum atomic E-state index is -0.517. The predicted molar refractivity (Wildman–Crippen MR) is 79.8 cm³/mol. The molecule has 0 saturated carbocycles. The SMILES string of the molecule is COC(=O)C1CCCCN1C(=O)c1cc(Br)ccc1Cl. The summed E-state index contributed by atoms with van der Waals surface area (Å²) in [4.78, 5) is 26.0. The molecule has 108 valence electrons. The van der Waals surface area contributed by atoms with E-state index in [0.29, 0.717) is 23.6 Å². The van der Waals surface area contributed by atoms with E-state index in [1.807, 2.05) is 0 Å². The molecule has 2 rings (SSSR count). The monoisotopic (exact) mass is 359 g/mol. The Morgan fingerprint density at radius 1 is 1.40 bits per heavy atom. The molecular weight excluding hydrogens is 346 g/mol. The van der Waals surface area contributed by atoms with Gasteiger partial charge in [0.05, 0.1) is 17.7 Å². The van der Waals surface area contributed by atoms with Gasteiger partial charge in [-0.05, 0) is 37.5 Å². The molecule has 0 N–H and O–H groups in total. The highest BCUT2D eigenvalue weighted by Crippen LogP contribution is 2.26. The molecule has 0 aliphatic carbocycles. The molecule has 1 aromatic rings. The van der Waals surface area contributed by atoms with E-state index in [2.05, 4.69) is 15.9 Å². The number of carbonyl (C=O) groups is 2. The number of likely N-dealkylation sites (tertiary alicyclic amines) is 1. The molecule has 0 radical (unpaired) electrons. The molecule has 0 spiro atoms. The maximum Gasteiger partial charge on any atom is 0.328 e. The highest BCUT2D eigenvalue weighted by atomic mass is 79.9. The molecule has 1 unspecified atom stereocenters. The molecule has 1 fully saturated rings. The van der Waals surface area contributed by atoms with Crippen molar-refractivity contribution in [3.8, 4) is 0 Å². The molecule has 20 heavy (non-hydrogen) atoms. The zero-order valence-corrected chi connectivity index (χ0v) is 13.4. The van der Waals surface area contributed by atoms with Gasteiger partial charge in [0.1, 0.15) is 6.04 Å². The van der Waals surface area contributed by atoms with E-state index in [1.54, 1.807) is 23.1 Å². The highest BCUT2D eigenvalue weighted by Gasteiger charge is 2.34. The first-order valence-corrected chi connectivity index (χ1v) is 7.55. The van der Waals surface area contributed by atoms with Gasteiger partial charge in [-0.2, -0.15) is 0 Å². The van der Waals surface area contributed by atoms with E-state index in [9.17, 15) is 9.59 Å². The van der Waals surface area contributed by atoms with Gasteiger partial charge >= 0.3 is 5.97 Å². The summed E-state index contributed by atoms with van der Waals surface area (Å²) in [6, 6.07) is 4.59. The van der Waals surface area contributed by atoms with Gasteiger partial charge in [-0.15, -0.1) is 0 Å². The number of ether oxygens (including phenoxy) is 1. The number of methoxy groups -OCH3 is 1. The highest BCUT2D eigenvalue weighted by molar-refractivity contribution is 9.10. The number of halogens is 2. The van der Waals surface area contributed by atoms with Crippen molar-refractivity contribution >= 4 is 39.4 Å². The van der Waals surface area contributed by atoms with Crippen molar-refractivity contribution in [3.63, 3.8) is 0 Å². The fourth-order valence-electron chi connectivity index (χ4n) is 2.37. The molecule has 1 amide bonds. The van der Waals surface area contributed by atoms with Crippen molar-refractivity contribution < 1.29 is 14.3 Å². The van der Waals surface area contributed by atoms with Gasteiger partial charge < -0.3 is 9.64 Å². The van der Waals surface area contributed by atoms with Crippen molar-refractivity contribution in [2.24, 2.45) is 0 Å². The third kappa shape index (κ3) is 3.15. The molecule has 4 nitrogen and oxygen atoms in total. The maximum atomic E-state index is 12.6. The van der Waals surface area contributed by atoms with Crippen LogP contribution in [0.5, 0.6) is 0 Å². The quantitative estimate of drug-likeness (QED) is 0.761. The van der Waals surface area contributed by atoms with E-state index < -0.39 is 6.04 Å². The van der Waals surface area contributed by atoms with Crippen LogP contribution in [0.25, 0.3) is 0 Å². The number of nitrogens with zero attached hydrogens (tertiary/aromatic N) is 1. The summed E-state index contributed by atoms with van der Waals surface area (Å²) in [7, 11) is 1.34. The van der Waals surface area contributed by atoms with Crippen LogP contribution in [0.3, 0.4) is 0 Å². The van der Waals surface area contributed by atoms with Gasteiger partial charge in [0.25, 0.3) is 5.91 Å². The Balaban J connectivity index is 2.30. The smallest absolute Gasteiger partial charge is 0.328 e. The fourth-order valence-corrected chi connectivity index (χ4v) is 2.93. The molecule has 1 heterocycles. The summed E-state index contributed by atoms with van der Waals surface area (Å²) in [6.07, 6.45) is 2.42. The van der Waals surface area contributed by atoms with Crippen LogP contribution in [0.4, 0.5) is 0 Å². The minimum absolute atomic E-state index is 0.230. The number of piperidine rings is 1. The van der Waals surface area contributed by atoms with Crippen molar-refractivity contribution in [1.82, 2.24) is 4.90 Å². The van der Waals surface area contributed by atoms with Gasteiger partial charge in [-0.3, -0.25) is 4.79 Å². The van der Waals surface area contributed by atoms with Crippen LogP contribution in [-0.2, 0) is 9.53 Å². The molecule has 0 bridgehead atoms. The van der Waals surface area contributed by atoms with Crippen LogP contribution >= 0.6 is 27.5 Å². The van der Waals surface area contributed by atoms with Gasteiger partial charge in [-0.1, -0.05) is 27.5 Å². The predicted octanol–water partition coefficient (Wildman–Crippen LogP) is 3.27. The Bertz CT molecular complexity index is 535. The maximum absolute atomic E-state index is 12.6. The van der Waals surface area contributed by atoms with Crippen molar-refractivity contribution in [2.45, 2.75) is 25.3 Å². The fraction of sp³-hybridized carbons (Fsp3) is 0.429. The zero-order chi connectivity index (χ0) is 14.7. The summed E-state index contributed by atoms with van der Waals surface area (Å²) in [5, 5.41) is 0.382. The second-order valence-electron chi connectivity index (χ2n) is 4.66. The third-order valence-corrected chi connectivity index (χ3v) is 4.22. The molecule has 1 aliphatic heterocycles. The largest absolute Gasteiger partial charge is 0.467 e. The van der Waals surface area contributed by atoms with Crippen molar-refractivity contribution in [2.75, 3.05) is 13.7 Å². The summed E-state index contributed by atoms with van der Waals surface area (Å²) < 4.78 is 5.56. The van der Waals surface area contributed by atoms with Gasteiger partial charge in [0, 0.05) is 11.0 Å². The average Bonchev–Trinajstić information content (AvgIpc) is 2.48. The Kier molecular flexibility index (Phi) is 5.05. The lowest BCUT2D eigenvalue weighted by molar-refractivity contribution is -0.147. The van der Waals surface area contributed by atoms with E-state index in [4.69, 9.17) is 16.3 Å². The third-order valence-electron chi connectivity index (χ3n) is 3.40. The van der Waals surface area contributed by atoms with E-state index in [-0.39, 0.29) is 11.9 Å². The van der Waals surface area contributed by atoms with Crippen LogP contribution in [-0.4, -0.2) is 36.5 Å². The van der Waals surface area contributed by atoms with Crippen molar-refractivity contribution in [1.29, 1.82) is 0 Å². The van der Waals surface area contributed by atoms with E-state index in [0.717, 1.165) is 17.3 Å². The first-order valence-electron chi connectivity index (χ1n) is 6.38. The van der Waals surface area contributed by atoms with Crippen LogP contribution in [0, 0.1) is 0 Å². The standard InChI is InChI=1S/C14H15BrClNO3/c1-20-14(19)12-4-2-3-7-17(12)13(18)10-8-9(15)5-6-11(10)16/h5-6,8,12H,2-4,7H2,1H3. The Hall–Kier alpha value is -1.07. The number of hydrogen-bond acceptors (Lipinski definition) is 3. The topological polar surface area (TPSA) is 46.6 Å². The Morgan fingerprint density at radius 3 is 2.85 bits per heavy atom. The zero-order valence-electron chi connectivity index (χ0n) is 11.1. The normalized spacial score (nSPS) is 18.8.